The van der Waals surface area contributed by atoms with Gasteiger partial charge in [0.05, 0.1) is 12.7 Å². The van der Waals surface area contributed by atoms with Gasteiger partial charge in [-0.15, -0.1) is 11.3 Å². The number of thiophene rings is 1. The van der Waals surface area contributed by atoms with Crippen molar-refractivity contribution in [1.29, 1.82) is 0 Å². The molecule has 0 aliphatic heterocycles. The van der Waals surface area contributed by atoms with Crippen LogP contribution in [0.5, 0.6) is 0 Å². The minimum absolute atomic E-state index is 0.290. The zero-order valence-electron chi connectivity index (χ0n) is 12.0. The lowest BCUT2D eigenvalue weighted by Gasteiger charge is -2.26. The van der Waals surface area contributed by atoms with E-state index in [0.29, 0.717) is 5.92 Å². The molecule has 0 saturated heterocycles. The quantitative estimate of drug-likeness (QED) is 0.766. The number of hydrogen-bond acceptors (Lipinski definition) is 3. The molecule has 1 aliphatic carbocycles. The molecule has 1 heterocycles. The molecule has 19 heavy (non-hydrogen) atoms. The summed E-state index contributed by atoms with van der Waals surface area (Å²) in [6.07, 6.45) is 7.27. The molecule has 1 aromatic rings. The van der Waals surface area contributed by atoms with E-state index in [2.05, 4.69) is 48.8 Å². The third-order valence-electron chi connectivity index (χ3n) is 3.82. The van der Waals surface area contributed by atoms with Crippen molar-refractivity contribution >= 4 is 11.3 Å². The SMILES string of the molecule is CC(CNCc1cccs1)OCC1CC=CCC1C. The maximum absolute atomic E-state index is 5.98. The number of hydrogen-bond donors (Lipinski definition) is 1. The van der Waals surface area contributed by atoms with Gasteiger partial charge in [-0.05, 0) is 43.0 Å². The zero-order chi connectivity index (χ0) is 13.5. The first-order chi connectivity index (χ1) is 9.25. The van der Waals surface area contributed by atoms with Crippen LogP contribution >= 0.6 is 11.3 Å². The van der Waals surface area contributed by atoms with Crippen molar-refractivity contribution in [3.05, 3.63) is 34.5 Å². The summed E-state index contributed by atoms with van der Waals surface area (Å²) in [5.41, 5.74) is 0. The fraction of sp³-hybridized carbons (Fsp3) is 0.625. The minimum atomic E-state index is 0.290. The molecule has 3 atom stereocenters. The molecule has 0 spiro atoms. The smallest absolute Gasteiger partial charge is 0.0671 e. The second-order valence-electron chi connectivity index (χ2n) is 5.53. The van der Waals surface area contributed by atoms with Crippen LogP contribution in [0.4, 0.5) is 0 Å². The average Bonchev–Trinajstić information content (AvgIpc) is 2.91. The van der Waals surface area contributed by atoms with Crippen LogP contribution in [0.1, 0.15) is 31.6 Å². The van der Waals surface area contributed by atoms with Gasteiger partial charge in [-0.3, -0.25) is 0 Å². The molecule has 2 rings (SSSR count). The molecule has 0 saturated carbocycles. The maximum atomic E-state index is 5.98. The Balaban J connectivity index is 1.59. The number of allylic oxidation sites excluding steroid dienone is 2. The van der Waals surface area contributed by atoms with Crippen molar-refractivity contribution in [3.8, 4) is 0 Å². The summed E-state index contributed by atoms with van der Waals surface area (Å²) >= 11 is 1.80. The standard InChI is InChI=1S/C16H25NOS/c1-13-6-3-4-7-15(13)12-18-14(2)10-17-11-16-8-5-9-19-16/h3-5,8-9,13-15,17H,6-7,10-12H2,1-2H3. The van der Waals surface area contributed by atoms with Crippen molar-refractivity contribution in [1.82, 2.24) is 5.32 Å². The van der Waals surface area contributed by atoms with E-state index in [4.69, 9.17) is 4.74 Å². The van der Waals surface area contributed by atoms with Gasteiger partial charge in [0.1, 0.15) is 0 Å². The van der Waals surface area contributed by atoms with Crippen molar-refractivity contribution in [2.45, 2.75) is 39.3 Å². The highest BCUT2D eigenvalue weighted by Gasteiger charge is 2.19. The molecular formula is C16H25NOS. The Morgan fingerprint density at radius 2 is 2.26 bits per heavy atom. The van der Waals surface area contributed by atoms with Gasteiger partial charge >= 0.3 is 0 Å². The second kappa shape index (κ2) is 7.83. The molecule has 2 nitrogen and oxygen atoms in total. The fourth-order valence-corrected chi connectivity index (χ4v) is 3.07. The van der Waals surface area contributed by atoms with Crippen molar-refractivity contribution in [2.24, 2.45) is 11.8 Å². The lowest BCUT2D eigenvalue weighted by molar-refractivity contribution is 0.0269. The van der Waals surface area contributed by atoms with Gasteiger partial charge in [0.2, 0.25) is 0 Å². The van der Waals surface area contributed by atoms with Gasteiger partial charge < -0.3 is 10.1 Å². The summed E-state index contributed by atoms with van der Waals surface area (Å²) in [6.45, 7) is 7.26. The molecule has 106 valence electrons. The van der Waals surface area contributed by atoms with E-state index >= 15 is 0 Å². The fourth-order valence-electron chi connectivity index (χ4n) is 2.40. The van der Waals surface area contributed by atoms with Crippen LogP contribution in [0, 0.1) is 11.8 Å². The van der Waals surface area contributed by atoms with Crippen molar-refractivity contribution in [3.63, 3.8) is 0 Å². The highest BCUT2D eigenvalue weighted by atomic mass is 32.1. The predicted molar refractivity (Wildman–Crippen MR) is 82.5 cm³/mol. The van der Waals surface area contributed by atoms with E-state index in [9.17, 15) is 0 Å². The van der Waals surface area contributed by atoms with Crippen LogP contribution < -0.4 is 5.32 Å². The Morgan fingerprint density at radius 1 is 1.42 bits per heavy atom. The summed E-state index contributed by atoms with van der Waals surface area (Å²) in [5.74, 6) is 1.46. The highest BCUT2D eigenvalue weighted by molar-refractivity contribution is 7.09. The van der Waals surface area contributed by atoms with E-state index in [1.165, 1.54) is 17.7 Å². The van der Waals surface area contributed by atoms with E-state index < -0.39 is 0 Å². The Hall–Kier alpha value is -0.640. The number of nitrogens with one attached hydrogen (secondary N) is 1. The van der Waals surface area contributed by atoms with Gasteiger partial charge in [0, 0.05) is 18.0 Å². The number of ether oxygens (including phenoxy) is 1. The third kappa shape index (κ3) is 5.09. The molecule has 3 unspecified atom stereocenters. The van der Waals surface area contributed by atoms with Crippen LogP contribution in [0.2, 0.25) is 0 Å². The first-order valence-electron chi connectivity index (χ1n) is 7.25. The lowest BCUT2D eigenvalue weighted by atomic mass is 9.85. The molecule has 0 fully saturated rings. The normalized spacial score (nSPS) is 24.5. The summed E-state index contributed by atoms with van der Waals surface area (Å²) in [7, 11) is 0. The molecule has 0 aromatic carbocycles. The summed E-state index contributed by atoms with van der Waals surface area (Å²) in [5, 5.41) is 5.58. The first kappa shape index (κ1) is 14.8. The molecule has 0 bridgehead atoms. The predicted octanol–water partition coefficient (Wildman–Crippen LogP) is 3.85. The second-order valence-corrected chi connectivity index (χ2v) is 6.57. The van der Waals surface area contributed by atoms with Crippen molar-refractivity contribution < 1.29 is 4.74 Å². The molecule has 0 radical (unpaired) electrons. The lowest BCUT2D eigenvalue weighted by Crippen LogP contribution is -2.29. The van der Waals surface area contributed by atoms with E-state index in [1.54, 1.807) is 11.3 Å². The average molecular weight is 279 g/mol. The molecule has 1 N–H and O–H groups in total. The van der Waals surface area contributed by atoms with Crippen LogP contribution in [0.25, 0.3) is 0 Å². The summed E-state index contributed by atoms with van der Waals surface area (Å²) in [6, 6.07) is 4.26. The molecule has 0 amide bonds. The van der Waals surface area contributed by atoms with Gasteiger partial charge in [0.25, 0.3) is 0 Å². The van der Waals surface area contributed by atoms with Gasteiger partial charge in [-0.1, -0.05) is 25.1 Å². The van der Waals surface area contributed by atoms with Crippen LogP contribution in [-0.2, 0) is 11.3 Å². The Labute approximate surface area is 120 Å². The Bertz CT molecular complexity index is 374. The number of rotatable bonds is 7. The Kier molecular flexibility index (Phi) is 6.08. The highest BCUT2D eigenvalue weighted by Crippen LogP contribution is 2.25. The summed E-state index contributed by atoms with van der Waals surface area (Å²) < 4.78 is 5.98. The maximum Gasteiger partial charge on any atom is 0.0671 e. The van der Waals surface area contributed by atoms with Crippen LogP contribution in [0.3, 0.4) is 0 Å². The molecule has 1 aliphatic rings. The van der Waals surface area contributed by atoms with Gasteiger partial charge in [-0.25, -0.2) is 0 Å². The third-order valence-corrected chi connectivity index (χ3v) is 4.70. The van der Waals surface area contributed by atoms with Crippen LogP contribution in [0.15, 0.2) is 29.7 Å². The molecule has 1 aromatic heterocycles. The monoisotopic (exact) mass is 279 g/mol. The molecular weight excluding hydrogens is 254 g/mol. The topological polar surface area (TPSA) is 21.3 Å². The van der Waals surface area contributed by atoms with Crippen molar-refractivity contribution in [2.75, 3.05) is 13.2 Å². The largest absolute Gasteiger partial charge is 0.377 e. The Morgan fingerprint density at radius 3 is 3.00 bits per heavy atom. The zero-order valence-corrected chi connectivity index (χ0v) is 12.8. The van der Waals surface area contributed by atoms with Crippen LogP contribution in [-0.4, -0.2) is 19.3 Å². The van der Waals surface area contributed by atoms with E-state index in [0.717, 1.165) is 25.6 Å². The van der Waals surface area contributed by atoms with Gasteiger partial charge in [0.15, 0.2) is 0 Å². The minimum Gasteiger partial charge on any atom is -0.377 e. The molecule has 3 heteroatoms. The summed E-state index contributed by atoms with van der Waals surface area (Å²) in [4.78, 5) is 1.39. The van der Waals surface area contributed by atoms with E-state index in [-0.39, 0.29) is 6.10 Å². The van der Waals surface area contributed by atoms with E-state index in [1.807, 2.05) is 0 Å². The first-order valence-corrected chi connectivity index (χ1v) is 8.13. The van der Waals surface area contributed by atoms with Gasteiger partial charge in [-0.2, -0.15) is 0 Å².